The van der Waals surface area contributed by atoms with Gasteiger partial charge in [0.1, 0.15) is 11.5 Å². The fourth-order valence-corrected chi connectivity index (χ4v) is 3.54. The summed E-state index contributed by atoms with van der Waals surface area (Å²) in [5.74, 6) is 3.68. The third-order valence-corrected chi connectivity index (χ3v) is 5.09. The predicted octanol–water partition coefficient (Wildman–Crippen LogP) is 5.02. The highest BCUT2D eigenvalue weighted by Gasteiger charge is 2.34. The Balaban J connectivity index is 1.75. The molecule has 0 radical (unpaired) electrons. The van der Waals surface area contributed by atoms with Gasteiger partial charge in [-0.05, 0) is 55.7 Å². The molecular weight excluding hydrogens is 346 g/mol. The van der Waals surface area contributed by atoms with Gasteiger partial charge >= 0.3 is 0 Å². The van der Waals surface area contributed by atoms with Gasteiger partial charge in [-0.2, -0.15) is 0 Å². The second-order valence-electron chi connectivity index (χ2n) is 6.27. The summed E-state index contributed by atoms with van der Waals surface area (Å²) in [6.45, 7) is 6.04. The van der Waals surface area contributed by atoms with E-state index in [1.807, 2.05) is 25.1 Å². The lowest BCUT2D eigenvalue weighted by Crippen LogP contribution is -2.29. The number of thioether (sulfide) groups is 1. The summed E-state index contributed by atoms with van der Waals surface area (Å²) in [4.78, 5) is 26.1. The van der Waals surface area contributed by atoms with Crippen LogP contribution < -0.4 is 0 Å². The molecule has 1 saturated heterocycles. The quantitative estimate of drug-likeness (QED) is 0.418. The SMILES string of the molecule is C#CC1=CC=C(c2ccc(/C=C3\SC(=O)N(CCC(=C)C)C3=O)o2)CC1. The van der Waals surface area contributed by atoms with Crippen LogP contribution in [-0.2, 0) is 4.79 Å². The normalized spacial score (nSPS) is 18.8. The average molecular weight is 365 g/mol. The summed E-state index contributed by atoms with van der Waals surface area (Å²) >= 11 is 0.939. The minimum atomic E-state index is -0.280. The molecule has 2 heterocycles. The summed E-state index contributed by atoms with van der Waals surface area (Å²) in [5.41, 5.74) is 2.98. The molecule has 2 aliphatic rings. The van der Waals surface area contributed by atoms with E-state index in [1.165, 1.54) is 4.90 Å². The summed E-state index contributed by atoms with van der Waals surface area (Å²) in [6, 6.07) is 3.68. The lowest BCUT2D eigenvalue weighted by Gasteiger charge is -2.11. The van der Waals surface area contributed by atoms with Crippen molar-refractivity contribution in [3.8, 4) is 12.3 Å². The fraction of sp³-hybridized carbons (Fsp3) is 0.238. The van der Waals surface area contributed by atoms with E-state index in [9.17, 15) is 9.59 Å². The molecule has 5 heteroatoms. The molecule has 2 amide bonds. The van der Waals surface area contributed by atoms with Crippen LogP contribution in [0.5, 0.6) is 0 Å². The minimum Gasteiger partial charge on any atom is -0.457 e. The lowest BCUT2D eigenvalue weighted by atomic mass is 9.97. The van der Waals surface area contributed by atoms with E-state index >= 15 is 0 Å². The second kappa shape index (κ2) is 7.67. The molecule has 0 saturated carbocycles. The van der Waals surface area contributed by atoms with Gasteiger partial charge in [0.2, 0.25) is 0 Å². The van der Waals surface area contributed by atoms with Gasteiger partial charge in [-0.15, -0.1) is 13.0 Å². The van der Waals surface area contributed by atoms with Gasteiger partial charge < -0.3 is 4.42 Å². The van der Waals surface area contributed by atoms with Crippen molar-refractivity contribution in [1.82, 2.24) is 4.90 Å². The third kappa shape index (κ3) is 3.92. The van der Waals surface area contributed by atoms with Crippen LogP contribution in [0.25, 0.3) is 11.6 Å². The highest BCUT2D eigenvalue weighted by atomic mass is 32.2. The van der Waals surface area contributed by atoms with Gasteiger partial charge in [0.25, 0.3) is 11.1 Å². The Morgan fingerprint density at radius 1 is 1.38 bits per heavy atom. The summed E-state index contributed by atoms with van der Waals surface area (Å²) in [5, 5.41) is -0.254. The number of nitrogens with zero attached hydrogens (tertiary/aromatic N) is 1. The Morgan fingerprint density at radius 2 is 2.19 bits per heavy atom. The first kappa shape index (κ1) is 18.1. The van der Waals surface area contributed by atoms with Crippen molar-refractivity contribution in [3.05, 3.63) is 58.4 Å². The average Bonchev–Trinajstić information content (AvgIpc) is 3.19. The molecule has 0 spiro atoms. The van der Waals surface area contributed by atoms with E-state index in [2.05, 4.69) is 12.5 Å². The maximum Gasteiger partial charge on any atom is 0.293 e. The molecule has 1 aromatic rings. The van der Waals surface area contributed by atoms with Gasteiger partial charge in [0.05, 0.1) is 4.91 Å². The Kier molecular flexibility index (Phi) is 5.34. The number of amides is 2. The molecule has 4 nitrogen and oxygen atoms in total. The molecule has 0 bridgehead atoms. The molecule has 132 valence electrons. The largest absolute Gasteiger partial charge is 0.457 e. The van der Waals surface area contributed by atoms with Crippen molar-refractivity contribution in [3.63, 3.8) is 0 Å². The zero-order valence-corrected chi connectivity index (χ0v) is 15.4. The van der Waals surface area contributed by atoms with Gasteiger partial charge in [-0.1, -0.05) is 23.6 Å². The number of carbonyl (C=O) groups excluding carboxylic acids is 2. The lowest BCUT2D eigenvalue weighted by molar-refractivity contribution is -0.122. The molecule has 0 atom stereocenters. The number of rotatable bonds is 5. The minimum absolute atomic E-state index is 0.254. The van der Waals surface area contributed by atoms with Crippen LogP contribution in [0.2, 0.25) is 0 Å². The van der Waals surface area contributed by atoms with Crippen molar-refractivity contribution >= 4 is 34.6 Å². The van der Waals surface area contributed by atoms with E-state index in [-0.39, 0.29) is 11.1 Å². The van der Waals surface area contributed by atoms with Crippen molar-refractivity contribution in [2.45, 2.75) is 26.2 Å². The molecule has 1 fully saturated rings. The maximum absolute atomic E-state index is 12.4. The van der Waals surface area contributed by atoms with Crippen LogP contribution >= 0.6 is 11.8 Å². The van der Waals surface area contributed by atoms with E-state index in [4.69, 9.17) is 10.8 Å². The monoisotopic (exact) mass is 365 g/mol. The molecule has 1 aliphatic carbocycles. The molecule has 0 aromatic carbocycles. The van der Waals surface area contributed by atoms with Gasteiger partial charge in [0, 0.05) is 18.2 Å². The van der Waals surface area contributed by atoms with Crippen LogP contribution in [-0.4, -0.2) is 22.6 Å². The van der Waals surface area contributed by atoms with E-state index < -0.39 is 0 Å². The number of furan rings is 1. The van der Waals surface area contributed by atoms with E-state index in [0.29, 0.717) is 23.6 Å². The van der Waals surface area contributed by atoms with E-state index in [0.717, 1.165) is 47.1 Å². The predicted molar refractivity (Wildman–Crippen MR) is 105 cm³/mol. The maximum atomic E-state index is 12.4. The van der Waals surface area contributed by atoms with Crippen LogP contribution in [0, 0.1) is 12.3 Å². The molecule has 26 heavy (non-hydrogen) atoms. The Labute approximate surface area is 157 Å². The van der Waals surface area contributed by atoms with Crippen molar-refractivity contribution in [2.75, 3.05) is 6.54 Å². The third-order valence-electron chi connectivity index (χ3n) is 4.19. The Bertz CT molecular complexity index is 908. The van der Waals surface area contributed by atoms with Crippen molar-refractivity contribution in [2.24, 2.45) is 0 Å². The first-order valence-electron chi connectivity index (χ1n) is 8.34. The highest BCUT2D eigenvalue weighted by molar-refractivity contribution is 8.18. The zero-order chi connectivity index (χ0) is 18.7. The Hall–Kier alpha value is -2.71. The molecular formula is C21H19NO3S. The first-order chi connectivity index (χ1) is 12.5. The van der Waals surface area contributed by atoms with Crippen LogP contribution in [0.4, 0.5) is 4.79 Å². The number of imide groups is 1. The second-order valence-corrected chi connectivity index (χ2v) is 7.26. The van der Waals surface area contributed by atoms with E-state index in [1.54, 1.807) is 12.1 Å². The van der Waals surface area contributed by atoms with Crippen LogP contribution in [0.3, 0.4) is 0 Å². The van der Waals surface area contributed by atoms with Gasteiger partial charge in [0.15, 0.2) is 0 Å². The summed E-state index contributed by atoms with van der Waals surface area (Å²) in [6.07, 6.45) is 13.2. The summed E-state index contributed by atoms with van der Waals surface area (Å²) < 4.78 is 5.84. The zero-order valence-electron chi connectivity index (χ0n) is 14.6. The van der Waals surface area contributed by atoms with Gasteiger partial charge in [-0.3, -0.25) is 14.5 Å². The summed E-state index contributed by atoms with van der Waals surface area (Å²) in [7, 11) is 0. The van der Waals surface area contributed by atoms with Gasteiger partial charge in [-0.25, -0.2) is 0 Å². The number of terminal acetylenes is 1. The highest BCUT2D eigenvalue weighted by Crippen LogP contribution is 2.34. The standard InChI is InChI=1S/C21H19NO3S/c1-4-15-5-7-16(8-6-15)18-10-9-17(25-18)13-19-20(23)22(21(24)26-19)12-11-14(2)3/h1,5,7,9-10,13H,2,6,8,11-12H2,3H3/b19-13-. The van der Waals surface area contributed by atoms with Crippen LogP contribution in [0.1, 0.15) is 37.7 Å². The smallest absolute Gasteiger partial charge is 0.293 e. The molecule has 0 unspecified atom stereocenters. The van der Waals surface area contributed by atoms with Crippen molar-refractivity contribution in [1.29, 1.82) is 0 Å². The number of hydrogen-bond donors (Lipinski definition) is 0. The fourth-order valence-electron chi connectivity index (χ4n) is 2.69. The number of allylic oxidation sites excluding steroid dienone is 4. The Morgan fingerprint density at radius 3 is 2.85 bits per heavy atom. The molecule has 3 rings (SSSR count). The molecule has 1 aromatic heterocycles. The molecule has 1 aliphatic heterocycles. The number of carbonyl (C=O) groups is 2. The topological polar surface area (TPSA) is 50.5 Å². The number of hydrogen-bond acceptors (Lipinski definition) is 4. The van der Waals surface area contributed by atoms with Crippen LogP contribution in [0.15, 0.2) is 51.3 Å². The molecule has 0 N–H and O–H groups in total. The first-order valence-corrected chi connectivity index (χ1v) is 9.16. The van der Waals surface area contributed by atoms with Crippen molar-refractivity contribution < 1.29 is 14.0 Å².